The lowest BCUT2D eigenvalue weighted by Gasteiger charge is -2.43. The van der Waals surface area contributed by atoms with Crippen molar-refractivity contribution in [2.24, 2.45) is 4.99 Å². The number of hydrogen-bond donors (Lipinski definition) is 1. The van der Waals surface area contributed by atoms with Gasteiger partial charge in [-0.05, 0) is 12.1 Å². The fraction of sp³-hybridized carbons (Fsp3) is 0.500. The van der Waals surface area contributed by atoms with Gasteiger partial charge < -0.3 is 33.5 Å². The Morgan fingerprint density at radius 3 is 2.09 bits per heavy atom. The second-order valence-corrected chi connectivity index (χ2v) is 7.27. The van der Waals surface area contributed by atoms with Crippen LogP contribution in [0.3, 0.4) is 0 Å². The maximum absolute atomic E-state index is 11.8. The molecule has 0 radical (unpaired) electrons. The molecule has 2 rings (SSSR count). The normalized spacial score (nSPS) is 24.2. The Balaban J connectivity index is 2.50. The third-order valence-corrected chi connectivity index (χ3v) is 4.58. The summed E-state index contributed by atoms with van der Waals surface area (Å²) in [6.45, 7) is 4.19. The van der Waals surface area contributed by atoms with E-state index in [-0.39, 0.29) is 23.7 Å². The van der Waals surface area contributed by atoms with Crippen molar-refractivity contribution in [2.75, 3.05) is 13.7 Å². The molecule has 1 saturated heterocycles. The second kappa shape index (κ2) is 12.0. The third-order valence-electron chi connectivity index (χ3n) is 4.58. The summed E-state index contributed by atoms with van der Waals surface area (Å²) in [5, 5.41) is 10.3. The van der Waals surface area contributed by atoms with E-state index in [1.54, 1.807) is 18.2 Å². The molecule has 1 N–H and O–H groups in total. The average molecular weight is 481 g/mol. The van der Waals surface area contributed by atoms with Gasteiger partial charge >= 0.3 is 23.9 Å². The molecule has 1 aromatic rings. The van der Waals surface area contributed by atoms with Crippen LogP contribution in [0.1, 0.15) is 33.3 Å². The van der Waals surface area contributed by atoms with Gasteiger partial charge in [-0.3, -0.25) is 24.2 Å². The van der Waals surface area contributed by atoms with Crippen LogP contribution in [0.2, 0.25) is 0 Å². The predicted octanol–water partition coefficient (Wildman–Crippen LogP) is 0.903. The molecule has 0 saturated carbocycles. The summed E-state index contributed by atoms with van der Waals surface area (Å²) in [5.41, 5.74) is 0.257. The fourth-order valence-electron chi connectivity index (χ4n) is 3.29. The summed E-state index contributed by atoms with van der Waals surface area (Å²) < 4.78 is 31.9. The zero-order valence-electron chi connectivity index (χ0n) is 19.4. The SMILES string of the molecule is COc1cccc(/C=N/[C@H]2O[C@@H](COC(C)=O)[C@@H](OC(C)=O)[C@@H](OC(C)=O)[C@@H]2OC(C)=O)c1O. The summed E-state index contributed by atoms with van der Waals surface area (Å²) in [6, 6.07) is 4.71. The largest absolute Gasteiger partial charge is 0.504 e. The molecule has 12 heteroatoms. The summed E-state index contributed by atoms with van der Waals surface area (Å²) in [6.07, 6.45) is -5.10. The number of ether oxygens (including phenoxy) is 6. The molecular weight excluding hydrogens is 454 g/mol. The Hall–Kier alpha value is -3.67. The number of aliphatic imine (C=N–C) groups is 1. The minimum Gasteiger partial charge on any atom is -0.504 e. The number of carbonyl (C=O) groups excluding carboxylic acids is 4. The van der Waals surface area contributed by atoms with Gasteiger partial charge in [0.05, 0.1) is 7.11 Å². The molecule has 1 aromatic carbocycles. The molecule has 0 aliphatic carbocycles. The summed E-state index contributed by atoms with van der Waals surface area (Å²) in [5.74, 6) is -2.85. The van der Waals surface area contributed by atoms with E-state index < -0.39 is 54.5 Å². The number of para-hydroxylation sites is 1. The van der Waals surface area contributed by atoms with Crippen molar-refractivity contribution in [3.63, 3.8) is 0 Å². The van der Waals surface area contributed by atoms with Crippen molar-refractivity contribution in [3.05, 3.63) is 23.8 Å². The number of aromatic hydroxyl groups is 1. The number of rotatable bonds is 8. The number of phenolic OH excluding ortho intramolecular Hbond substituents is 1. The van der Waals surface area contributed by atoms with Gasteiger partial charge in [0.2, 0.25) is 0 Å². The summed E-state index contributed by atoms with van der Waals surface area (Å²) in [4.78, 5) is 51.0. The van der Waals surface area contributed by atoms with E-state index in [0.29, 0.717) is 0 Å². The smallest absolute Gasteiger partial charge is 0.303 e. The van der Waals surface area contributed by atoms with Crippen molar-refractivity contribution in [1.29, 1.82) is 0 Å². The topological polar surface area (TPSA) is 156 Å². The maximum atomic E-state index is 11.8. The van der Waals surface area contributed by atoms with Crippen molar-refractivity contribution in [2.45, 2.75) is 58.3 Å². The molecule has 1 aliphatic rings. The van der Waals surface area contributed by atoms with Gasteiger partial charge in [-0.2, -0.15) is 0 Å². The third kappa shape index (κ3) is 7.17. The minimum atomic E-state index is -1.33. The summed E-state index contributed by atoms with van der Waals surface area (Å²) in [7, 11) is 1.38. The first-order valence-electron chi connectivity index (χ1n) is 10.2. The van der Waals surface area contributed by atoms with Gasteiger partial charge in [0.1, 0.15) is 12.7 Å². The van der Waals surface area contributed by atoms with E-state index in [1.165, 1.54) is 20.2 Å². The lowest BCUT2D eigenvalue weighted by Crippen LogP contribution is -2.62. The zero-order chi connectivity index (χ0) is 25.4. The van der Waals surface area contributed by atoms with Crippen LogP contribution < -0.4 is 4.74 Å². The molecule has 1 heterocycles. The number of esters is 4. The molecule has 12 nitrogen and oxygen atoms in total. The highest BCUT2D eigenvalue weighted by atomic mass is 16.7. The van der Waals surface area contributed by atoms with Crippen LogP contribution in [0.25, 0.3) is 0 Å². The number of carbonyl (C=O) groups is 4. The molecule has 5 atom stereocenters. The van der Waals surface area contributed by atoms with Crippen LogP contribution in [0, 0.1) is 0 Å². The fourth-order valence-corrected chi connectivity index (χ4v) is 3.29. The molecule has 186 valence electrons. The number of benzene rings is 1. The highest BCUT2D eigenvalue weighted by Gasteiger charge is 2.52. The number of nitrogens with zero attached hydrogens (tertiary/aromatic N) is 1. The minimum absolute atomic E-state index is 0.195. The van der Waals surface area contributed by atoms with Crippen LogP contribution in [0.5, 0.6) is 11.5 Å². The van der Waals surface area contributed by atoms with E-state index in [0.717, 1.165) is 20.8 Å². The Bertz CT molecular complexity index is 945. The van der Waals surface area contributed by atoms with Gasteiger partial charge in [-0.15, -0.1) is 0 Å². The highest BCUT2D eigenvalue weighted by Crippen LogP contribution is 2.31. The van der Waals surface area contributed by atoms with Crippen LogP contribution in [0.4, 0.5) is 0 Å². The van der Waals surface area contributed by atoms with Crippen LogP contribution in [-0.4, -0.2) is 79.6 Å². The zero-order valence-corrected chi connectivity index (χ0v) is 19.4. The number of methoxy groups -OCH3 is 1. The Labute approximate surface area is 195 Å². The first-order chi connectivity index (χ1) is 16.0. The molecule has 0 bridgehead atoms. The summed E-state index contributed by atoms with van der Waals surface area (Å²) >= 11 is 0. The van der Waals surface area contributed by atoms with Crippen molar-refractivity contribution in [3.8, 4) is 11.5 Å². The van der Waals surface area contributed by atoms with Crippen molar-refractivity contribution >= 4 is 30.1 Å². The van der Waals surface area contributed by atoms with Gasteiger partial charge in [0, 0.05) is 39.5 Å². The first kappa shape index (κ1) is 26.6. The van der Waals surface area contributed by atoms with Gasteiger partial charge in [0.25, 0.3) is 0 Å². The molecule has 1 fully saturated rings. The second-order valence-electron chi connectivity index (χ2n) is 7.27. The molecule has 0 spiro atoms. The molecular formula is C22H27NO11. The molecule has 34 heavy (non-hydrogen) atoms. The van der Waals surface area contributed by atoms with Crippen LogP contribution in [0.15, 0.2) is 23.2 Å². The Morgan fingerprint density at radius 2 is 1.53 bits per heavy atom. The number of phenols is 1. The maximum Gasteiger partial charge on any atom is 0.303 e. The Kier molecular flexibility index (Phi) is 9.36. The average Bonchev–Trinajstić information content (AvgIpc) is 2.74. The standard InChI is InChI=1S/C22H27NO11/c1-11(24)30-10-17-19(31-12(2)25)20(32-13(3)26)21(33-14(4)27)22(34-17)23-9-15-7-6-8-16(29-5)18(15)28/h6-9,17,19-22,28H,10H2,1-5H3/b23-9+/t17-,19+,20+,21-,22-/m0/s1. The molecule has 0 amide bonds. The van der Waals surface area contributed by atoms with E-state index in [2.05, 4.69) is 4.99 Å². The predicted molar refractivity (Wildman–Crippen MR) is 114 cm³/mol. The van der Waals surface area contributed by atoms with E-state index in [1.807, 2.05) is 0 Å². The van der Waals surface area contributed by atoms with E-state index in [4.69, 9.17) is 28.4 Å². The van der Waals surface area contributed by atoms with Crippen molar-refractivity contribution < 1.29 is 52.7 Å². The van der Waals surface area contributed by atoms with Gasteiger partial charge in [-0.1, -0.05) is 6.07 Å². The quantitative estimate of drug-likeness (QED) is 0.320. The lowest BCUT2D eigenvalue weighted by atomic mass is 9.97. The monoisotopic (exact) mass is 481 g/mol. The number of hydrogen-bond acceptors (Lipinski definition) is 12. The highest BCUT2D eigenvalue weighted by molar-refractivity contribution is 5.85. The molecule has 1 aliphatic heterocycles. The molecule has 0 unspecified atom stereocenters. The van der Waals surface area contributed by atoms with Gasteiger partial charge in [0.15, 0.2) is 36.0 Å². The first-order valence-corrected chi connectivity index (χ1v) is 10.2. The van der Waals surface area contributed by atoms with Crippen LogP contribution >= 0.6 is 0 Å². The molecule has 0 aromatic heterocycles. The Morgan fingerprint density at radius 1 is 0.941 bits per heavy atom. The van der Waals surface area contributed by atoms with E-state index >= 15 is 0 Å². The van der Waals surface area contributed by atoms with Gasteiger partial charge in [-0.25, -0.2) is 0 Å². The van der Waals surface area contributed by atoms with Crippen LogP contribution in [-0.2, 0) is 42.9 Å². The van der Waals surface area contributed by atoms with E-state index in [9.17, 15) is 24.3 Å². The lowest BCUT2D eigenvalue weighted by molar-refractivity contribution is -0.250. The van der Waals surface area contributed by atoms with Crippen molar-refractivity contribution in [1.82, 2.24) is 0 Å².